The number of hydrogen-bond acceptors (Lipinski definition) is 3. The van der Waals surface area contributed by atoms with E-state index in [0.29, 0.717) is 17.1 Å². The standard InChI is InChI=1S/C21H10N2O/c1-2-3-4-5-6-7-8-9-10-11-12-13-14-17-24-21-16-15-19(22)18-20(21)23/h15-16,18H,22-23H2,1H3. The van der Waals surface area contributed by atoms with Gasteiger partial charge in [0, 0.05) is 41.2 Å². The van der Waals surface area contributed by atoms with E-state index < -0.39 is 0 Å². The van der Waals surface area contributed by atoms with Gasteiger partial charge in [-0.15, -0.1) is 0 Å². The summed E-state index contributed by atoms with van der Waals surface area (Å²) in [4.78, 5) is 0. The van der Waals surface area contributed by atoms with Crippen LogP contribution in [0.15, 0.2) is 18.2 Å². The smallest absolute Gasteiger partial charge is 0.163 e. The predicted octanol–water partition coefficient (Wildman–Crippen LogP) is 1.23. The van der Waals surface area contributed by atoms with Gasteiger partial charge in [-0.05, 0) is 60.6 Å². The highest BCUT2D eigenvalue weighted by atomic mass is 16.5. The number of hydrogen-bond donors (Lipinski definition) is 2. The fraction of sp³-hybridized carbons (Fsp3) is 0.0476. The van der Waals surface area contributed by atoms with Gasteiger partial charge in [-0.25, -0.2) is 0 Å². The summed E-state index contributed by atoms with van der Waals surface area (Å²) in [5, 5.41) is 0. The third-order valence-corrected chi connectivity index (χ3v) is 2.06. The largest absolute Gasteiger partial charge is 0.404 e. The second-order valence-electron chi connectivity index (χ2n) is 3.75. The number of nitrogen functional groups attached to an aromatic ring is 2. The van der Waals surface area contributed by atoms with Crippen molar-refractivity contribution in [3.05, 3.63) is 18.2 Å². The first-order valence-electron chi connectivity index (χ1n) is 6.47. The molecule has 1 aromatic carbocycles. The van der Waals surface area contributed by atoms with Gasteiger partial charge < -0.3 is 16.2 Å². The molecule has 0 fully saturated rings. The highest BCUT2D eigenvalue weighted by Gasteiger charge is 1.98. The lowest BCUT2D eigenvalue weighted by Crippen LogP contribution is -1.93. The average Bonchev–Trinajstić information content (AvgIpc) is 2.57. The molecule has 0 aliphatic rings. The van der Waals surface area contributed by atoms with Crippen molar-refractivity contribution in [2.75, 3.05) is 11.5 Å². The quantitative estimate of drug-likeness (QED) is 0.606. The lowest BCUT2D eigenvalue weighted by atomic mass is 10.2. The van der Waals surface area contributed by atoms with Gasteiger partial charge in [-0.1, -0.05) is 5.92 Å². The predicted molar refractivity (Wildman–Crippen MR) is 96.0 cm³/mol. The van der Waals surface area contributed by atoms with Crippen LogP contribution in [-0.2, 0) is 0 Å². The third kappa shape index (κ3) is 7.97. The van der Waals surface area contributed by atoms with E-state index >= 15 is 0 Å². The molecule has 0 aromatic heterocycles. The van der Waals surface area contributed by atoms with Crippen molar-refractivity contribution in [1.29, 1.82) is 0 Å². The van der Waals surface area contributed by atoms with E-state index in [1.165, 1.54) is 0 Å². The third-order valence-electron chi connectivity index (χ3n) is 2.06. The Kier molecular flexibility index (Phi) is 8.23. The second-order valence-corrected chi connectivity index (χ2v) is 3.75. The molecule has 1 aromatic rings. The van der Waals surface area contributed by atoms with Crippen LogP contribution in [0.5, 0.6) is 5.75 Å². The van der Waals surface area contributed by atoms with Crippen molar-refractivity contribution in [1.82, 2.24) is 0 Å². The zero-order valence-electron chi connectivity index (χ0n) is 12.8. The maximum atomic E-state index is 5.70. The summed E-state index contributed by atoms with van der Waals surface area (Å²) in [6.07, 6.45) is 2.40. The molecule has 0 saturated heterocycles. The fourth-order valence-electron chi connectivity index (χ4n) is 1.14. The Morgan fingerprint density at radius 3 is 1.71 bits per heavy atom. The molecule has 110 valence electrons. The Bertz CT molecular complexity index is 1050. The molecule has 0 radical (unpaired) electrons. The number of anilines is 2. The first-order chi connectivity index (χ1) is 11.7. The first-order valence-corrected chi connectivity index (χ1v) is 6.47. The molecule has 0 spiro atoms. The summed E-state index contributed by atoms with van der Waals surface area (Å²) in [6.45, 7) is 1.70. The van der Waals surface area contributed by atoms with Gasteiger partial charge in [-0.2, -0.15) is 0 Å². The average molecular weight is 306 g/mol. The SMILES string of the molecule is CC#CC#CC#CC#CC#CC#CC#COc1ccc(N)cc1N. The van der Waals surface area contributed by atoms with Gasteiger partial charge in [0.2, 0.25) is 0 Å². The summed E-state index contributed by atoms with van der Waals surface area (Å²) in [5.41, 5.74) is 12.2. The zero-order valence-corrected chi connectivity index (χ0v) is 12.8. The number of ether oxygens (including phenoxy) is 1. The molecule has 24 heavy (non-hydrogen) atoms. The van der Waals surface area contributed by atoms with Crippen LogP contribution in [0.2, 0.25) is 0 Å². The van der Waals surface area contributed by atoms with E-state index in [-0.39, 0.29) is 0 Å². The van der Waals surface area contributed by atoms with Crippen molar-refractivity contribution in [3.63, 3.8) is 0 Å². The molecule has 0 saturated carbocycles. The number of nitrogens with two attached hydrogens (primary N) is 2. The summed E-state index contributed by atoms with van der Waals surface area (Å²) in [5.74, 6) is 33.2. The minimum atomic E-state index is 0.403. The van der Waals surface area contributed by atoms with Crippen LogP contribution in [0, 0.1) is 83.1 Å². The molecule has 0 aliphatic heterocycles. The van der Waals surface area contributed by atoms with Gasteiger partial charge in [0.05, 0.1) is 5.69 Å². The van der Waals surface area contributed by atoms with E-state index in [0.717, 1.165) is 0 Å². The van der Waals surface area contributed by atoms with E-state index in [4.69, 9.17) is 16.2 Å². The molecule has 0 bridgehead atoms. The molecular weight excluding hydrogens is 296 g/mol. The van der Waals surface area contributed by atoms with E-state index in [1.807, 2.05) is 0 Å². The topological polar surface area (TPSA) is 61.3 Å². The summed E-state index contributed by atoms with van der Waals surface area (Å²) in [7, 11) is 0. The highest BCUT2D eigenvalue weighted by molar-refractivity contribution is 5.61. The Morgan fingerprint density at radius 1 is 0.708 bits per heavy atom. The molecule has 0 atom stereocenters. The highest BCUT2D eigenvalue weighted by Crippen LogP contribution is 2.22. The van der Waals surface area contributed by atoms with Crippen molar-refractivity contribution < 1.29 is 4.74 Å². The maximum Gasteiger partial charge on any atom is 0.163 e. The Labute approximate surface area is 142 Å². The summed E-state index contributed by atoms with van der Waals surface area (Å²) in [6, 6.07) is 4.87. The van der Waals surface area contributed by atoms with Gasteiger partial charge >= 0.3 is 0 Å². The first kappa shape index (κ1) is 17.6. The monoisotopic (exact) mass is 306 g/mol. The molecule has 4 N–H and O–H groups in total. The van der Waals surface area contributed by atoms with Crippen molar-refractivity contribution >= 4 is 11.4 Å². The molecule has 0 heterocycles. The van der Waals surface area contributed by atoms with Gasteiger partial charge in [0.1, 0.15) is 6.11 Å². The molecule has 3 nitrogen and oxygen atoms in total. The van der Waals surface area contributed by atoms with Crippen LogP contribution >= 0.6 is 0 Å². The summed E-state index contributed by atoms with van der Waals surface area (Å²) < 4.78 is 5.13. The summed E-state index contributed by atoms with van der Waals surface area (Å²) >= 11 is 0. The van der Waals surface area contributed by atoms with Crippen LogP contribution in [0.25, 0.3) is 0 Å². The van der Waals surface area contributed by atoms with Crippen molar-refractivity contribution in [2.45, 2.75) is 6.92 Å². The van der Waals surface area contributed by atoms with Crippen molar-refractivity contribution in [3.8, 4) is 88.8 Å². The minimum absolute atomic E-state index is 0.403. The van der Waals surface area contributed by atoms with E-state index in [1.54, 1.807) is 25.1 Å². The lowest BCUT2D eigenvalue weighted by Gasteiger charge is -2.01. The zero-order chi connectivity index (χ0) is 17.5. The molecule has 0 unspecified atom stereocenters. The molecular formula is C21H10N2O. The molecule has 1 rings (SSSR count). The number of rotatable bonds is 1. The van der Waals surface area contributed by atoms with Gasteiger partial charge in [-0.3, -0.25) is 0 Å². The van der Waals surface area contributed by atoms with Gasteiger partial charge in [0.15, 0.2) is 5.75 Å². The van der Waals surface area contributed by atoms with Crippen LogP contribution in [0.4, 0.5) is 11.4 Å². The molecule has 3 heteroatoms. The molecule has 0 amide bonds. The van der Waals surface area contributed by atoms with Crippen LogP contribution in [-0.4, -0.2) is 0 Å². The minimum Gasteiger partial charge on any atom is -0.404 e. The Hall–Kier alpha value is -4.46. The number of benzene rings is 1. The normalized spacial score (nSPS) is 6.21. The van der Waals surface area contributed by atoms with E-state index in [2.05, 4.69) is 83.1 Å². The fourth-order valence-corrected chi connectivity index (χ4v) is 1.14. The lowest BCUT2D eigenvalue weighted by molar-refractivity contribution is 0.523. The Balaban J connectivity index is 2.50. The van der Waals surface area contributed by atoms with Crippen LogP contribution < -0.4 is 16.2 Å². The molecule has 0 aliphatic carbocycles. The Morgan fingerprint density at radius 2 is 1.21 bits per heavy atom. The van der Waals surface area contributed by atoms with Crippen LogP contribution in [0.3, 0.4) is 0 Å². The van der Waals surface area contributed by atoms with Crippen molar-refractivity contribution in [2.24, 2.45) is 0 Å². The van der Waals surface area contributed by atoms with Gasteiger partial charge in [0.25, 0.3) is 0 Å². The maximum absolute atomic E-state index is 5.70. The van der Waals surface area contributed by atoms with E-state index in [9.17, 15) is 0 Å². The second kappa shape index (κ2) is 11.2. The van der Waals surface area contributed by atoms with Crippen LogP contribution in [0.1, 0.15) is 6.92 Å².